The Balaban J connectivity index is 0.000000166. The molecule has 4 aromatic carbocycles. The maximum absolute atomic E-state index is 12.3. The molecule has 0 amide bonds. The van der Waals surface area contributed by atoms with Crippen molar-refractivity contribution in [1.29, 1.82) is 0 Å². The van der Waals surface area contributed by atoms with E-state index in [1.54, 1.807) is 18.2 Å². The van der Waals surface area contributed by atoms with Gasteiger partial charge in [0.05, 0.1) is 20.4 Å². The van der Waals surface area contributed by atoms with E-state index in [4.69, 9.17) is 11.6 Å². The van der Waals surface area contributed by atoms with Crippen LogP contribution in [0.25, 0.3) is 20.4 Å². The first-order valence-corrected chi connectivity index (χ1v) is 25.1. The number of thiazole rings is 2. The molecule has 4 aliphatic heterocycles. The third kappa shape index (κ3) is 8.76. The number of hydrogen-bond acceptors (Lipinski definition) is 14. The third-order valence-electron chi connectivity index (χ3n) is 11.2. The fourth-order valence-corrected chi connectivity index (χ4v) is 12.8. The van der Waals surface area contributed by atoms with Gasteiger partial charge < -0.3 is 9.80 Å². The monoisotopic (exact) mass is 1030 g/mol. The van der Waals surface area contributed by atoms with E-state index < -0.39 is 20.2 Å². The Labute approximate surface area is 384 Å². The molecule has 0 spiro atoms. The average molecular weight is 1030 g/mol. The molecule has 4 aliphatic rings. The maximum Gasteiger partial charge on any atom is 0.297 e. The number of rotatable bonds is 6. The normalized spacial score (nSPS) is 16.2. The Kier molecular flexibility index (Phi) is 12.5. The third-order valence-corrected chi connectivity index (χ3v) is 16.2. The van der Waals surface area contributed by atoms with Crippen molar-refractivity contribution in [2.24, 2.45) is 20.5 Å². The van der Waals surface area contributed by atoms with Gasteiger partial charge in [-0.1, -0.05) is 50.2 Å². The van der Waals surface area contributed by atoms with Gasteiger partial charge in [-0.3, -0.25) is 9.11 Å². The summed E-state index contributed by atoms with van der Waals surface area (Å²) < 4.78 is 72.0. The first-order valence-electron chi connectivity index (χ1n) is 19.4. The molecule has 14 nitrogen and oxygen atoms in total. The first-order chi connectivity index (χ1) is 28.6. The number of aryl methyl sites for hydroxylation is 4. The van der Waals surface area contributed by atoms with Crippen molar-refractivity contribution in [2.75, 3.05) is 36.0 Å². The zero-order valence-electron chi connectivity index (χ0n) is 32.8. The summed E-state index contributed by atoms with van der Waals surface area (Å²) in [6, 6.07) is 11.2. The standard InChI is InChI=1S/C20H19BrN4O3S2.C20H19ClN4O3S2.Ni/c1-11-8-15-17(10-14(11)21)29-20(22-15)24-23-16-9-12-4-2-6-25-7-3-5-13(18(12)25)19(16)30(26,27)28;1-11-8-17-15(10-14(11)21)22-20(29-17)24-23-16-9-12-4-2-6-25-7-3-5-13(18(12)25)19(16)30(26,27)28;/h2*8-10H,2-7H2,1H3,(H,26,27,28);. The van der Waals surface area contributed by atoms with Gasteiger partial charge in [0.25, 0.3) is 20.2 Å². The Bertz CT molecular complexity index is 2770. The summed E-state index contributed by atoms with van der Waals surface area (Å²) in [6.45, 7) is 7.53. The quantitative estimate of drug-likeness (QED) is 0.0922. The van der Waals surface area contributed by atoms with Crippen LogP contribution in [-0.2, 0) is 62.4 Å². The van der Waals surface area contributed by atoms with Gasteiger partial charge in [-0.05, 0) is 135 Å². The molecule has 0 atom stereocenters. The molecular weight excluding hydrogens is 991 g/mol. The summed E-state index contributed by atoms with van der Waals surface area (Å²) >= 11 is 12.4. The molecule has 6 heterocycles. The molecule has 322 valence electrons. The van der Waals surface area contributed by atoms with Gasteiger partial charge in [-0.2, -0.15) is 16.8 Å². The van der Waals surface area contributed by atoms with Gasteiger partial charge in [0, 0.05) is 63.5 Å². The Morgan fingerprint density at radius 1 is 0.639 bits per heavy atom. The molecule has 2 aromatic heterocycles. The van der Waals surface area contributed by atoms with Crippen molar-refractivity contribution < 1.29 is 42.4 Å². The fraction of sp³-hybridized carbons (Fsp3) is 0.350. The molecule has 0 fully saturated rings. The van der Waals surface area contributed by atoms with E-state index in [2.05, 4.69) is 56.2 Å². The number of anilines is 2. The van der Waals surface area contributed by atoms with Gasteiger partial charge in [0.1, 0.15) is 21.2 Å². The van der Waals surface area contributed by atoms with E-state index in [-0.39, 0.29) is 37.7 Å². The molecule has 0 saturated heterocycles. The SMILES string of the molecule is Cc1cc2nc(N=Nc3cc4c5c(c3S(=O)(=O)O)CCCN5CCC4)sc2cc1Br.Cc1cc2sc(N=Nc3cc4c5c(c3S(=O)(=O)O)CCCN5CCC4)nc2cc1Cl.[Ni]. The van der Waals surface area contributed by atoms with Crippen LogP contribution in [0.1, 0.15) is 59.1 Å². The van der Waals surface area contributed by atoms with Crippen molar-refractivity contribution in [3.05, 3.63) is 79.3 Å². The minimum atomic E-state index is -4.45. The van der Waals surface area contributed by atoms with Crippen LogP contribution in [0.15, 0.2) is 71.1 Å². The minimum absolute atomic E-state index is 0. The predicted molar refractivity (Wildman–Crippen MR) is 240 cm³/mol. The summed E-state index contributed by atoms with van der Waals surface area (Å²) in [6.07, 6.45) is 6.62. The minimum Gasteiger partial charge on any atom is -0.371 e. The largest absolute Gasteiger partial charge is 0.371 e. The van der Waals surface area contributed by atoms with Crippen molar-refractivity contribution in [3.8, 4) is 0 Å². The van der Waals surface area contributed by atoms with Crippen LogP contribution in [0.2, 0.25) is 5.02 Å². The summed E-state index contributed by atoms with van der Waals surface area (Å²) in [5.74, 6) is 0. The molecule has 0 unspecified atom stereocenters. The van der Waals surface area contributed by atoms with Crippen LogP contribution in [-0.4, -0.2) is 62.1 Å². The van der Waals surface area contributed by atoms with Gasteiger partial charge in [-0.25, -0.2) is 9.97 Å². The Morgan fingerprint density at radius 3 is 1.56 bits per heavy atom. The van der Waals surface area contributed by atoms with E-state index >= 15 is 0 Å². The van der Waals surface area contributed by atoms with Crippen LogP contribution in [0.5, 0.6) is 0 Å². The molecule has 0 bridgehead atoms. The molecule has 2 N–H and O–H groups in total. The number of benzene rings is 4. The van der Waals surface area contributed by atoms with E-state index in [1.807, 2.05) is 32.0 Å². The molecule has 6 aromatic rings. The topological polar surface area (TPSA) is 190 Å². The van der Waals surface area contributed by atoms with Gasteiger partial charge >= 0.3 is 0 Å². The van der Waals surface area contributed by atoms with Gasteiger partial charge in [-0.15, -0.1) is 20.5 Å². The molecular formula is C40H38BrClN8NiO6S4. The van der Waals surface area contributed by atoms with Crippen LogP contribution >= 0.6 is 50.2 Å². The predicted octanol–water partition coefficient (Wildman–Crippen LogP) is 11.3. The summed E-state index contributed by atoms with van der Waals surface area (Å²) in [4.78, 5) is 13.1. The van der Waals surface area contributed by atoms with Crippen molar-refractivity contribution >= 4 is 124 Å². The van der Waals surface area contributed by atoms with Crippen LogP contribution in [0, 0.1) is 13.8 Å². The first kappa shape index (κ1) is 44.2. The second-order valence-corrected chi connectivity index (χ2v) is 21.3. The Morgan fingerprint density at radius 2 is 1.08 bits per heavy atom. The summed E-state index contributed by atoms with van der Waals surface area (Å²) in [5.41, 5.74) is 9.27. The van der Waals surface area contributed by atoms with Crippen LogP contribution in [0.4, 0.5) is 33.0 Å². The van der Waals surface area contributed by atoms with E-state index in [0.29, 0.717) is 39.3 Å². The second kappa shape index (κ2) is 17.3. The number of azo groups is 2. The zero-order valence-corrected chi connectivity index (χ0v) is 39.4. The number of fused-ring (bicyclic) bond motifs is 2. The summed E-state index contributed by atoms with van der Waals surface area (Å²) in [7, 11) is -8.90. The molecule has 10 rings (SSSR count). The van der Waals surface area contributed by atoms with E-state index in [1.165, 1.54) is 22.7 Å². The van der Waals surface area contributed by atoms with E-state index in [9.17, 15) is 25.9 Å². The number of halogens is 2. The summed E-state index contributed by atoms with van der Waals surface area (Å²) in [5, 5.41) is 18.4. The average Bonchev–Trinajstić information content (AvgIpc) is 3.78. The second-order valence-electron chi connectivity index (χ2n) is 15.3. The smallest absolute Gasteiger partial charge is 0.297 e. The van der Waals surface area contributed by atoms with Crippen molar-refractivity contribution in [1.82, 2.24) is 9.97 Å². The fourth-order valence-electron chi connectivity index (χ4n) is 8.71. The molecule has 61 heavy (non-hydrogen) atoms. The van der Waals surface area contributed by atoms with E-state index in [0.717, 1.165) is 123 Å². The number of hydrogen-bond donors (Lipinski definition) is 2. The molecule has 0 aliphatic carbocycles. The Hall–Kier alpha value is -3.46. The zero-order chi connectivity index (χ0) is 42.1. The number of nitrogens with zero attached hydrogens (tertiary/aromatic N) is 8. The van der Waals surface area contributed by atoms with Gasteiger partial charge in [0.2, 0.25) is 10.3 Å². The van der Waals surface area contributed by atoms with Gasteiger partial charge in [0.15, 0.2) is 0 Å². The molecule has 0 radical (unpaired) electrons. The maximum atomic E-state index is 12.3. The number of aromatic nitrogens is 2. The van der Waals surface area contributed by atoms with Crippen LogP contribution in [0.3, 0.4) is 0 Å². The molecule has 21 heteroatoms. The van der Waals surface area contributed by atoms with Crippen molar-refractivity contribution in [3.63, 3.8) is 0 Å². The molecule has 0 saturated carbocycles. The van der Waals surface area contributed by atoms with Crippen LogP contribution < -0.4 is 9.80 Å². The van der Waals surface area contributed by atoms with Crippen molar-refractivity contribution in [2.45, 2.75) is 75.0 Å².